The molecule has 2 unspecified atom stereocenters. The summed E-state index contributed by atoms with van der Waals surface area (Å²) in [7, 11) is 0. The highest BCUT2D eigenvalue weighted by atomic mass is 16.5. The summed E-state index contributed by atoms with van der Waals surface area (Å²) in [6.45, 7) is 10.8. The lowest BCUT2D eigenvalue weighted by Gasteiger charge is -2.18. The summed E-state index contributed by atoms with van der Waals surface area (Å²) in [5.74, 6) is 0.0160. The monoisotopic (exact) mass is 753 g/mol. The van der Waals surface area contributed by atoms with Gasteiger partial charge in [-0.2, -0.15) is 0 Å². The predicted octanol–water partition coefficient (Wildman–Crippen LogP) is 12.4. The largest absolute Gasteiger partial charge is 0.466 e. The van der Waals surface area contributed by atoms with E-state index in [9.17, 15) is 14.7 Å². The Kier molecular flexibility index (Phi) is 42.6. The maximum Gasteiger partial charge on any atom is 0.306 e. The van der Waals surface area contributed by atoms with Gasteiger partial charge >= 0.3 is 11.9 Å². The zero-order chi connectivity index (χ0) is 38.7. The molecule has 0 saturated carbocycles. The Morgan fingerprint density at radius 3 is 1.25 bits per heavy atom. The second-order valence-corrected chi connectivity index (χ2v) is 16.4. The molecule has 2 atom stereocenters. The molecule has 316 valence electrons. The summed E-state index contributed by atoms with van der Waals surface area (Å²) < 4.78 is 11.4. The number of aliphatic hydroxyl groups excluding tert-OH is 1. The fourth-order valence-corrected chi connectivity index (χ4v) is 7.54. The number of quaternary nitrogens is 1. The Balaban J connectivity index is 3.84. The Hall–Kier alpha value is -1.14. The molecule has 0 saturated heterocycles. The van der Waals surface area contributed by atoms with Gasteiger partial charge in [0.2, 0.25) is 0 Å². The summed E-state index contributed by atoms with van der Waals surface area (Å²) in [4.78, 5) is 26.1. The van der Waals surface area contributed by atoms with E-state index in [4.69, 9.17) is 9.47 Å². The molecule has 0 amide bonds. The number of carbonyl (C=O) groups is 2. The summed E-state index contributed by atoms with van der Waals surface area (Å²) >= 11 is 0. The van der Waals surface area contributed by atoms with E-state index in [2.05, 4.69) is 20.8 Å². The topological polar surface area (TPSA) is 77.3 Å². The van der Waals surface area contributed by atoms with Crippen LogP contribution in [0.4, 0.5) is 0 Å². The van der Waals surface area contributed by atoms with Gasteiger partial charge in [-0.05, 0) is 70.6 Å². The minimum Gasteiger partial charge on any atom is -0.466 e. The van der Waals surface area contributed by atoms with Crippen molar-refractivity contribution in [1.29, 1.82) is 0 Å². The van der Waals surface area contributed by atoms with Crippen molar-refractivity contribution >= 4 is 11.9 Å². The highest BCUT2D eigenvalue weighted by Crippen LogP contribution is 2.18. The molecule has 0 aliphatic rings. The summed E-state index contributed by atoms with van der Waals surface area (Å²) in [6, 6.07) is 0. The second kappa shape index (κ2) is 43.6. The molecule has 6 nitrogen and oxygen atoms in total. The Labute approximate surface area is 331 Å². The van der Waals surface area contributed by atoms with E-state index in [-0.39, 0.29) is 24.6 Å². The SMILES string of the molecule is CCCCCCCCCCCC(CCCCCC)OC(=O)CCCCCCCCC[NH+](CCO)CCCCCCCCOC(=O)CCCCCCCC. The van der Waals surface area contributed by atoms with Crippen LogP contribution in [0.3, 0.4) is 0 Å². The van der Waals surface area contributed by atoms with Crippen LogP contribution in [-0.4, -0.2) is 56.0 Å². The number of carbonyl (C=O) groups excluding carboxylic acids is 2. The van der Waals surface area contributed by atoms with Gasteiger partial charge in [-0.15, -0.1) is 0 Å². The Morgan fingerprint density at radius 2 is 0.792 bits per heavy atom. The predicted molar refractivity (Wildman–Crippen MR) is 227 cm³/mol. The van der Waals surface area contributed by atoms with Crippen LogP contribution in [0.5, 0.6) is 0 Å². The molecule has 0 spiro atoms. The average molecular weight is 753 g/mol. The highest BCUT2D eigenvalue weighted by Gasteiger charge is 2.14. The van der Waals surface area contributed by atoms with E-state index < -0.39 is 0 Å². The Morgan fingerprint density at radius 1 is 0.434 bits per heavy atom. The van der Waals surface area contributed by atoms with Crippen LogP contribution in [0.15, 0.2) is 0 Å². The van der Waals surface area contributed by atoms with Gasteiger partial charge in [0.15, 0.2) is 0 Å². The average Bonchev–Trinajstić information content (AvgIpc) is 3.15. The van der Waals surface area contributed by atoms with Gasteiger partial charge in [-0.3, -0.25) is 9.59 Å². The molecule has 0 rings (SSSR count). The fraction of sp³-hybridized carbons (Fsp3) is 0.957. The molecule has 0 aromatic heterocycles. The molecule has 53 heavy (non-hydrogen) atoms. The molecular weight excluding hydrogens is 659 g/mol. The Bertz CT molecular complexity index is 746. The van der Waals surface area contributed by atoms with Crippen LogP contribution in [0.2, 0.25) is 0 Å². The van der Waals surface area contributed by atoms with Crippen molar-refractivity contribution in [2.75, 3.05) is 32.8 Å². The van der Waals surface area contributed by atoms with Crippen molar-refractivity contribution in [2.45, 2.75) is 258 Å². The quantitative estimate of drug-likeness (QED) is 0.0479. The fourth-order valence-electron chi connectivity index (χ4n) is 7.54. The van der Waals surface area contributed by atoms with Gasteiger partial charge in [0.05, 0.1) is 26.3 Å². The van der Waals surface area contributed by atoms with Crippen LogP contribution in [0, 0.1) is 0 Å². The lowest BCUT2D eigenvalue weighted by molar-refractivity contribution is -0.901. The summed E-state index contributed by atoms with van der Waals surface area (Å²) in [6.07, 6.45) is 42.9. The van der Waals surface area contributed by atoms with Gasteiger partial charge in [0.25, 0.3) is 0 Å². The number of ether oxygens (including phenoxy) is 2. The standard InChI is InChI=1S/C47H93NO5/c1-4-7-10-13-15-16-18-23-30-37-45(36-29-12-9-6-3)53-47(51)39-32-25-19-17-20-26-33-40-48(42-43-49)41-34-27-21-22-28-35-44-52-46(50)38-31-24-14-11-8-5-2/h45,49H,4-44H2,1-3H3/p+1. The molecular formula is C47H94NO5+. The van der Waals surface area contributed by atoms with E-state index in [0.717, 1.165) is 71.0 Å². The zero-order valence-electron chi connectivity index (χ0n) is 36.1. The first-order valence-electron chi connectivity index (χ1n) is 23.9. The maximum absolute atomic E-state index is 12.7. The van der Waals surface area contributed by atoms with E-state index in [0.29, 0.717) is 19.4 Å². The molecule has 0 aliphatic heterocycles. The van der Waals surface area contributed by atoms with Gasteiger partial charge in [0, 0.05) is 12.8 Å². The zero-order valence-corrected chi connectivity index (χ0v) is 36.1. The minimum atomic E-state index is -0.0164. The van der Waals surface area contributed by atoms with Gasteiger partial charge in [-0.25, -0.2) is 0 Å². The molecule has 0 bridgehead atoms. The van der Waals surface area contributed by atoms with Crippen molar-refractivity contribution in [3.63, 3.8) is 0 Å². The van der Waals surface area contributed by atoms with Gasteiger partial charge in [-0.1, -0.05) is 168 Å². The van der Waals surface area contributed by atoms with Crippen molar-refractivity contribution in [3.05, 3.63) is 0 Å². The molecule has 0 fully saturated rings. The number of unbranched alkanes of at least 4 members (excludes halogenated alkanes) is 27. The highest BCUT2D eigenvalue weighted by molar-refractivity contribution is 5.69. The number of aliphatic hydroxyl groups is 1. The first-order chi connectivity index (χ1) is 26.1. The van der Waals surface area contributed by atoms with Crippen LogP contribution in [0.1, 0.15) is 252 Å². The third-order valence-corrected chi connectivity index (χ3v) is 11.1. The number of hydrogen-bond acceptors (Lipinski definition) is 5. The molecule has 6 heteroatoms. The van der Waals surface area contributed by atoms with Crippen LogP contribution in [-0.2, 0) is 19.1 Å². The third kappa shape index (κ3) is 40.3. The van der Waals surface area contributed by atoms with E-state index >= 15 is 0 Å². The molecule has 2 N–H and O–H groups in total. The lowest BCUT2D eigenvalue weighted by atomic mass is 10.0. The number of esters is 2. The maximum atomic E-state index is 12.7. The van der Waals surface area contributed by atoms with E-state index in [1.54, 1.807) is 4.90 Å². The van der Waals surface area contributed by atoms with E-state index in [1.807, 2.05) is 0 Å². The van der Waals surface area contributed by atoms with Gasteiger partial charge in [0.1, 0.15) is 12.6 Å². The smallest absolute Gasteiger partial charge is 0.306 e. The van der Waals surface area contributed by atoms with Crippen molar-refractivity contribution in [2.24, 2.45) is 0 Å². The molecule has 0 heterocycles. The number of rotatable bonds is 44. The first-order valence-corrected chi connectivity index (χ1v) is 23.9. The molecule has 0 aromatic carbocycles. The molecule has 0 aliphatic carbocycles. The van der Waals surface area contributed by atoms with Crippen LogP contribution in [0.25, 0.3) is 0 Å². The van der Waals surface area contributed by atoms with Crippen molar-refractivity contribution in [3.8, 4) is 0 Å². The van der Waals surface area contributed by atoms with Crippen LogP contribution < -0.4 is 4.90 Å². The minimum absolute atomic E-state index is 0.0164. The lowest BCUT2D eigenvalue weighted by Crippen LogP contribution is -3.12. The first kappa shape index (κ1) is 51.9. The number of hydrogen-bond donors (Lipinski definition) is 2. The second-order valence-electron chi connectivity index (χ2n) is 16.4. The van der Waals surface area contributed by atoms with E-state index in [1.165, 1.54) is 167 Å². The van der Waals surface area contributed by atoms with Crippen LogP contribution >= 0.6 is 0 Å². The van der Waals surface area contributed by atoms with Crippen molar-refractivity contribution < 1.29 is 29.1 Å². The summed E-state index contributed by atoms with van der Waals surface area (Å²) in [5, 5.41) is 9.56. The summed E-state index contributed by atoms with van der Waals surface area (Å²) in [5.41, 5.74) is 0. The number of nitrogens with one attached hydrogen (secondary N) is 1. The normalized spacial score (nSPS) is 12.6. The molecule has 0 radical (unpaired) electrons. The van der Waals surface area contributed by atoms with Gasteiger partial charge < -0.3 is 19.5 Å². The molecule has 0 aromatic rings. The van der Waals surface area contributed by atoms with Crippen molar-refractivity contribution in [1.82, 2.24) is 0 Å². The third-order valence-electron chi connectivity index (χ3n) is 11.1.